The number of rotatable bonds is 4. The number of hydrogen-bond donors (Lipinski definition) is 2. The number of hydrogen-bond acceptors (Lipinski definition) is 7. The van der Waals surface area contributed by atoms with Crippen LogP contribution in [0.5, 0.6) is 0 Å². The standard InChI is InChI=1S/C21H16F3N7/c22-13-7-14(23)21(30-18(13)24)29-16-6-11(4-5-27-16)20-28-15-9-26-8-12(10-2-1-3-10)17(15)19(25)31-20/h4-10H,1-3H2,(H2,25,28,31)(H,27,29,30). The second-order valence-corrected chi connectivity index (χ2v) is 7.33. The smallest absolute Gasteiger partial charge is 0.251 e. The van der Waals surface area contributed by atoms with E-state index in [9.17, 15) is 13.2 Å². The van der Waals surface area contributed by atoms with E-state index in [1.165, 1.54) is 18.7 Å². The van der Waals surface area contributed by atoms with Crippen LogP contribution in [0.15, 0.2) is 36.8 Å². The topological polar surface area (TPSA) is 102 Å². The maximum absolute atomic E-state index is 13.9. The van der Waals surface area contributed by atoms with Crippen molar-refractivity contribution in [3.63, 3.8) is 0 Å². The highest BCUT2D eigenvalue weighted by Gasteiger charge is 2.24. The molecule has 1 aliphatic rings. The summed E-state index contributed by atoms with van der Waals surface area (Å²) in [5.41, 5.74) is 8.51. The summed E-state index contributed by atoms with van der Waals surface area (Å²) in [6, 6.07) is 3.60. The Morgan fingerprint density at radius 3 is 2.61 bits per heavy atom. The van der Waals surface area contributed by atoms with Gasteiger partial charge in [0.25, 0.3) is 5.95 Å². The molecule has 7 nitrogen and oxygen atoms in total. The summed E-state index contributed by atoms with van der Waals surface area (Å²) in [7, 11) is 0. The lowest BCUT2D eigenvalue weighted by Crippen LogP contribution is -2.11. The van der Waals surface area contributed by atoms with Crippen LogP contribution in [0.1, 0.15) is 30.7 Å². The predicted molar refractivity (Wildman–Crippen MR) is 109 cm³/mol. The molecular weight excluding hydrogens is 407 g/mol. The second kappa shape index (κ2) is 7.46. The van der Waals surface area contributed by atoms with Gasteiger partial charge in [-0.2, -0.15) is 9.37 Å². The maximum Gasteiger partial charge on any atom is 0.251 e. The minimum Gasteiger partial charge on any atom is -0.383 e. The summed E-state index contributed by atoms with van der Waals surface area (Å²) >= 11 is 0. The molecule has 31 heavy (non-hydrogen) atoms. The first-order valence-corrected chi connectivity index (χ1v) is 9.65. The lowest BCUT2D eigenvalue weighted by Gasteiger charge is -2.26. The van der Waals surface area contributed by atoms with Crippen molar-refractivity contribution in [2.24, 2.45) is 0 Å². The summed E-state index contributed by atoms with van der Waals surface area (Å²) in [6.45, 7) is 0. The molecule has 1 aliphatic carbocycles. The van der Waals surface area contributed by atoms with Gasteiger partial charge in [0.05, 0.1) is 11.7 Å². The minimum atomic E-state index is -1.42. The van der Waals surface area contributed by atoms with E-state index in [0.717, 1.165) is 23.8 Å². The van der Waals surface area contributed by atoms with Gasteiger partial charge in [0.15, 0.2) is 23.3 Å². The van der Waals surface area contributed by atoms with Gasteiger partial charge in [0.2, 0.25) is 0 Å². The number of nitrogens with zero attached hydrogens (tertiary/aromatic N) is 5. The van der Waals surface area contributed by atoms with Crippen molar-refractivity contribution in [2.45, 2.75) is 25.2 Å². The van der Waals surface area contributed by atoms with Crippen molar-refractivity contribution in [2.75, 3.05) is 11.1 Å². The number of nitrogen functional groups attached to an aromatic ring is 1. The highest BCUT2D eigenvalue weighted by molar-refractivity contribution is 5.92. The van der Waals surface area contributed by atoms with E-state index in [1.807, 2.05) is 6.20 Å². The summed E-state index contributed by atoms with van der Waals surface area (Å²) < 4.78 is 40.4. The van der Waals surface area contributed by atoms with Crippen LogP contribution >= 0.6 is 0 Å². The third-order valence-corrected chi connectivity index (χ3v) is 5.36. The second-order valence-electron chi connectivity index (χ2n) is 7.33. The van der Waals surface area contributed by atoms with Crippen molar-refractivity contribution < 1.29 is 13.2 Å². The Balaban J connectivity index is 1.52. The van der Waals surface area contributed by atoms with Gasteiger partial charge >= 0.3 is 0 Å². The molecule has 1 fully saturated rings. The summed E-state index contributed by atoms with van der Waals surface area (Å²) in [6.07, 6.45) is 8.28. The zero-order valence-corrected chi connectivity index (χ0v) is 16.1. The number of nitrogens with one attached hydrogen (secondary N) is 1. The van der Waals surface area contributed by atoms with E-state index in [4.69, 9.17) is 5.73 Å². The van der Waals surface area contributed by atoms with E-state index in [1.54, 1.807) is 12.3 Å². The average molecular weight is 423 g/mol. The number of anilines is 3. The first-order valence-electron chi connectivity index (χ1n) is 9.65. The van der Waals surface area contributed by atoms with Crippen LogP contribution in [0.25, 0.3) is 22.3 Å². The monoisotopic (exact) mass is 423 g/mol. The number of aromatic nitrogens is 5. The van der Waals surface area contributed by atoms with Crippen LogP contribution < -0.4 is 11.1 Å². The largest absolute Gasteiger partial charge is 0.383 e. The zero-order valence-electron chi connectivity index (χ0n) is 16.1. The number of fused-ring (bicyclic) bond motifs is 1. The van der Waals surface area contributed by atoms with Gasteiger partial charge in [-0.15, -0.1) is 0 Å². The molecule has 0 spiro atoms. The summed E-state index contributed by atoms with van der Waals surface area (Å²) in [5, 5.41) is 3.35. The van der Waals surface area contributed by atoms with Gasteiger partial charge in [-0.1, -0.05) is 6.42 Å². The summed E-state index contributed by atoms with van der Waals surface area (Å²) in [5.74, 6) is -3.07. The molecule has 0 bridgehead atoms. The average Bonchev–Trinajstić information content (AvgIpc) is 2.71. The Bertz CT molecular complexity index is 1310. The zero-order chi connectivity index (χ0) is 21.5. The molecule has 156 valence electrons. The van der Waals surface area contributed by atoms with Gasteiger partial charge in [-0.05, 0) is 36.5 Å². The molecule has 4 heterocycles. The van der Waals surface area contributed by atoms with Crippen molar-refractivity contribution in [3.05, 3.63) is 59.9 Å². The van der Waals surface area contributed by atoms with Gasteiger partial charge in [0.1, 0.15) is 11.6 Å². The first kappa shape index (κ1) is 19.2. The first-order chi connectivity index (χ1) is 15.0. The lowest BCUT2D eigenvalue weighted by atomic mass is 9.79. The molecule has 4 aromatic heterocycles. The Morgan fingerprint density at radius 2 is 1.84 bits per heavy atom. The molecule has 10 heteroatoms. The minimum absolute atomic E-state index is 0.151. The third kappa shape index (κ3) is 3.49. The molecule has 1 saturated carbocycles. The molecule has 0 radical (unpaired) electrons. The van der Waals surface area contributed by atoms with Gasteiger partial charge in [0, 0.05) is 29.4 Å². The van der Waals surface area contributed by atoms with Crippen molar-refractivity contribution in [1.82, 2.24) is 24.9 Å². The fraction of sp³-hybridized carbons (Fsp3) is 0.190. The van der Waals surface area contributed by atoms with Crippen LogP contribution in [0.4, 0.5) is 30.6 Å². The van der Waals surface area contributed by atoms with Gasteiger partial charge in [-0.3, -0.25) is 4.98 Å². The van der Waals surface area contributed by atoms with E-state index in [-0.39, 0.29) is 5.82 Å². The van der Waals surface area contributed by atoms with Crippen molar-refractivity contribution in [1.29, 1.82) is 0 Å². The molecule has 0 amide bonds. The Kier molecular flexibility index (Phi) is 4.61. The molecule has 0 unspecified atom stereocenters. The molecule has 0 atom stereocenters. The number of pyridine rings is 3. The molecule has 5 rings (SSSR count). The molecule has 0 aliphatic heterocycles. The van der Waals surface area contributed by atoms with E-state index in [0.29, 0.717) is 34.7 Å². The Labute approximate surface area is 174 Å². The van der Waals surface area contributed by atoms with E-state index >= 15 is 0 Å². The van der Waals surface area contributed by atoms with Crippen LogP contribution in [0, 0.1) is 17.6 Å². The van der Waals surface area contributed by atoms with E-state index in [2.05, 4.69) is 30.2 Å². The number of nitrogens with two attached hydrogens (primary N) is 1. The van der Waals surface area contributed by atoms with Crippen LogP contribution in [0.2, 0.25) is 0 Å². The number of halogens is 3. The summed E-state index contributed by atoms with van der Waals surface area (Å²) in [4.78, 5) is 20.6. The fourth-order valence-electron chi connectivity index (χ4n) is 3.59. The maximum atomic E-state index is 13.9. The quantitative estimate of drug-likeness (QED) is 0.466. The van der Waals surface area contributed by atoms with Gasteiger partial charge in [-0.25, -0.2) is 23.7 Å². The molecule has 0 aromatic carbocycles. The molecular formula is C21H16F3N7. The molecule has 4 aromatic rings. The molecule has 0 saturated heterocycles. The van der Waals surface area contributed by atoms with E-state index < -0.39 is 23.4 Å². The SMILES string of the molecule is Nc1nc(-c2ccnc(Nc3nc(F)c(F)cc3F)c2)nc2cncc(C3CCC3)c12. The Morgan fingerprint density at radius 1 is 1.00 bits per heavy atom. The predicted octanol–water partition coefficient (Wildman–Crippen LogP) is 4.49. The highest BCUT2D eigenvalue weighted by atomic mass is 19.2. The molecule has 3 N–H and O–H groups in total. The highest BCUT2D eigenvalue weighted by Crippen LogP contribution is 2.40. The van der Waals surface area contributed by atoms with Crippen LogP contribution in [-0.2, 0) is 0 Å². The van der Waals surface area contributed by atoms with Crippen LogP contribution in [-0.4, -0.2) is 24.9 Å². The fourth-order valence-corrected chi connectivity index (χ4v) is 3.59. The third-order valence-electron chi connectivity index (χ3n) is 5.36. The van der Waals surface area contributed by atoms with Gasteiger partial charge < -0.3 is 11.1 Å². The van der Waals surface area contributed by atoms with Crippen molar-refractivity contribution >= 4 is 28.4 Å². The van der Waals surface area contributed by atoms with Crippen molar-refractivity contribution in [3.8, 4) is 11.4 Å². The Hall–Kier alpha value is -3.82. The van der Waals surface area contributed by atoms with Crippen LogP contribution in [0.3, 0.4) is 0 Å². The normalized spacial score (nSPS) is 13.9. The lowest BCUT2D eigenvalue weighted by molar-refractivity contribution is 0.421.